The van der Waals surface area contributed by atoms with Gasteiger partial charge in [0.05, 0.1) is 0 Å². The van der Waals surface area contributed by atoms with Crippen molar-refractivity contribution in [1.29, 1.82) is 0 Å². The van der Waals surface area contributed by atoms with Gasteiger partial charge in [-0.3, -0.25) is 0 Å². The van der Waals surface area contributed by atoms with Crippen LogP contribution in [0.2, 0.25) is 0 Å². The Morgan fingerprint density at radius 1 is 1.43 bits per heavy atom. The van der Waals surface area contributed by atoms with Gasteiger partial charge in [0.25, 0.3) is 0 Å². The Kier molecular flexibility index (Phi) is 5.14. The van der Waals surface area contributed by atoms with Gasteiger partial charge in [-0.05, 0) is 35.9 Å². The minimum atomic E-state index is 0.454. The lowest BCUT2D eigenvalue weighted by Crippen LogP contribution is -2.16. The first-order valence-corrected chi connectivity index (χ1v) is 6.04. The number of hydrogen-bond donors (Lipinski definition) is 1. The highest BCUT2D eigenvalue weighted by molar-refractivity contribution is 14.1. The van der Waals surface area contributed by atoms with E-state index < -0.39 is 0 Å². The van der Waals surface area contributed by atoms with Crippen LogP contribution >= 0.6 is 22.6 Å². The molecule has 1 unspecified atom stereocenters. The molecule has 0 bridgehead atoms. The monoisotopic (exact) mass is 305 g/mol. The number of nitrogens with one attached hydrogen (secondary N) is 1. The maximum atomic E-state index is 4.20. The van der Waals surface area contributed by atoms with Crippen LogP contribution in [0.5, 0.6) is 0 Å². The fourth-order valence-electron chi connectivity index (χ4n) is 1.19. The second-order valence-electron chi connectivity index (χ2n) is 3.41. The highest BCUT2D eigenvalue weighted by Gasteiger charge is 2.02. The summed E-state index contributed by atoms with van der Waals surface area (Å²) in [5.41, 5.74) is 0. The molecule has 0 spiro atoms. The lowest BCUT2D eigenvalue weighted by molar-refractivity contribution is 0.640. The van der Waals surface area contributed by atoms with E-state index in [1.54, 1.807) is 0 Å². The second-order valence-corrected chi connectivity index (χ2v) is 4.66. The number of hydrogen-bond acceptors (Lipinski definition) is 3. The van der Waals surface area contributed by atoms with E-state index in [0.29, 0.717) is 6.04 Å². The molecule has 0 fully saturated rings. The lowest BCUT2D eigenvalue weighted by atomic mass is 10.1. The molecular formula is C10H16IN3. The summed E-state index contributed by atoms with van der Waals surface area (Å²) >= 11 is 2.20. The highest BCUT2D eigenvalue weighted by atomic mass is 127. The zero-order valence-electron chi connectivity index (χ0n) is 8.63. The number of anilines is 1. The van der Waals surface area contributed by atoms with Crippen molar-refractivity contribution in [3.8, 4) is 0 Å². The largest absolute Gasteiger partial charge is 0.352 e. The Bertz CT molecular complexity index is 261. The molecule has 0 aliphatic carbocycles. The summed E-state index contributed by atoms with van der Waals surface area (Å²) in [7, 11) is 0. The van der Waals surface area contributed by atoms with Crippen LogP contribution < -0.4 is 5.32 Å². The van der Waals surface area contributed by atoms with E-state index in [9.17, 15) is 0 Å². The summed E-state index contributed by atoms with van der Waals surface area (Å²) in [5.74, 6) is 0.731. The maximum Gasteiger partial charge on any atom is 0.222 e. The SMILES string of the molecule is CCCCC(C)Nc1ncc(I)cn1. The Morgan fingerprint density at radius 3 is 2.64 bits per heavy atom. The summed E-state index contributed by atoms with van der Waals surface area (Å²) in [6.07, 6.45) is 7.30. The molecule has 0 aliphatic heterocycles. The smallest absolute Gasteiger partial charge is 0.222 e. The summed E-state index contributed by atoms with van der Waals surface area (Å²) < 4.78 is 1.06. The number of halogens is 1. The van der Waals surface area contributed by atoms with Crippen molar-refractivity contribution in [3.05, 3.63) is 16.0 Å². The number of rotatable bonds is 5. The Morgan fingerprint density at radius 2 is 2.07 bits per heavy atom. The molecule has 1 N–H and O–H groups in total. The normalized spacial score (nSPS) is 12.5. The van der Waals surface area contributed by atoms with Crippen molar-refractivity contribution >= 4 is 28.5 Å². The van der Waals surface area contributed by atoms with Crippen LogP contribution in [0.25, 0.3) is 0 Å². The van der Waals surface area contributed by atoms with Crippen LogP contribution in [-0.4, -0.2) is 16.0 Å². The number of nitrogens with zero attached hydrogens (tertiary/aromatic N) is 2. The molecule has 0 amide bonds. The Hall–Kier alpha value is -0.390. The molecule has 14 heavy (non-hydrogen) atoms. The molecule has 0 aromatic carbocycles. The lowest BCUT2D eigenvalue weighted by Gasteiger charge is -2.12. The molecule has 4 heteroatoms. The van der Waals surface area contributed by atoms with Crippen LogP contribution in [0.4, 0.5) is 5.95 Å². The van der Waals surface area contributed by atoms with Gasteiger partial charge >= 0.3 is 0 Å². The predicted molar refractivity (Wildman–Crippen MR) is 67.4 cm³/mol. The van der Waals surface area contributed by atoms with Gasteiger partial charge < -0.3 is 5.32 Å². The minimum Gasteiger partial charge on any atom is -0.352 e. The fraction of sp³-hybridized carbons (Fsp3) is 0.600. The summed E-state index contributed by atoms with van der Waals surface area (Å²) in [5, 5.41) is 3.28. The van der Waals surface area contributed by atoms with E-state index in [0.717, 1.165) is 9.52 Å². The van der Waals surface area contributed by atoms with E-state index in [1.165, 1.54) is 19.3 Å². The molecule has 1 atom stereocenters. The van der Waals surface area contributed by atoms with Gasteiger partial charge in [-0.25, -0.2) is 9.97 Å². The van der Waals surface area contributed by atoms with E-state index in [4.69, 9.17) is 0 Å². The number of unbranched alkanes of at least 4 members (excludes halogenated alkanes) is 1. The zero-order valence-corrected chi connectivity index (χ0v) is 10.8. The molecular weight excluding hydrogens is 289 g/mol. The van der Waals surface area contributed by atoms with Gasteiger partial charge in [0.1, 0.15) is 0 Å². The molecule has 1 aromatic heterocycles. The van der Waals surface area contributed by atoms with Crippen LogP contribution in [-0.2, 0) is 0 Å². The Balaban J connectivity index is 2.39. The molecule has 78 valence electrons. The average Bonchev–Trinajstić information content (AvgIpc) is 2.18. The van der Waals surface area contributed by atoms with Crippen molar-refractivity contribution < 1.29 is 0 Å². The third-order valence-electron chi connectivity index (χ3n) is 1.99. The first-order valence-electron chi connectivity index (χ1n) is 4.96. The second kappa shape index (κ2) is 6.16. The first-order chi connectivity index (χ1) is 6.72. The van der Waals surface area contributed by atoms with Gasteiger partial charge in [-0.15, -0.1) is 0 Å². The van der Waals surface area contributed by atoms with Crippen molar-refractivity contribution in [2.75, 3.05) is 5.32 Å². The van der Waals surface area contributed by atoms with E-state index >= 15 is 0 Å². The molecule has 3 nitrogen and oxygen atoms in total. The summed E-state index contributed by atoms with van der Waals surface area (Å²) in [6.45, 7) is 4.37. The van der Waals surface area contributed by atoms with E-state index in [-0.39, 0.29) is 0 Å². The van der Waals surface area contributed by atoms with Crippen molar-refractivity contribution in [1.82, 2.24) is 9.97 Å². The van der Waals surface area contributed by atoms with Crippen LogP contribution in [0.3, 0.4) is 0 Å². The molecule has 0 saturated heterocycles. The van der Waals surface area contributed by atoms with E-state index in [2.05, 4.69) is 51.7 Å². The van der Waals surface area contributed by atoms with Gasteiger partial charge in [-0.1, -0.05) is 19.8 Å². The third kappa shape index (κ3) is 4.21. The topological polar surface area (TPSA) is 37.8 Å². The zero-order chi connectivity index (χ0) is 10.4. The quantitative estimate of drug-likeness (QED) is 0.850. The number of aromatic nitrogens is 2. The van der Waals surface area contributed by atoms with Gasteiger partial charge in [0.15, 0.2) is 0 Å². The standard InChI is InChI=1S/C10H16IN3/c1-3-4-5-8(2)14-10-12-6-9(11)7-13-10/h6-8H,3-5H2,1-2H3,(H,12,13,14). The van der Waals surface area contributed by atoms with Gasteiger partial charge in [0, 0.05) is 22.0 Å². The molecule has 0 saturated carbocycles. The highest BCUT2D eigenvalue weighted by Crippen LogP contribution is 2.07. The molecule has 0 aliphatic rings. The molecule has 0 radical (unpaired) electrons. The predicted octanol–water partition coefficient (Wildman–Crippen LogP) is 3.07. The molecule has 1 heterocycles. The van der Waals surface area contributed by atoms with Crippen LogP contribution in [0.15, 0.2) is 12.4 Å². The van der Waals surface area contributed by atoms with Gasteiger partial charge in [0.2, 0.25) is 5.95 Å². The summed E-state index contributed by atoms with van der Waals surface area (Å²) in [6, 6.07) is 0.454. The first kappa shape index (κ1) is 11.7. The van der Waals surface area contributed by atoms with Crippen LogP contribution in [0, 0.1) is 3.57 Å². The minimum absolute atomic E-state index is 0.454. The van der Waals surface area contributed by atoms with Gasteiger partial charge in [-0.2, -0.15) is 0 Å². The molecule has 1 rings (SSSR count). The third-order valence-corrected chi connectivity index (χ3v) is 2.54. The van der Waals surface area contributed by atoms with Crippen molar-refractivity contribution in [2.24, 2.45) is 0 Å². The fourth-order valence-corrected chi connectivity index (χ4v) is 1.47. The van der Waals surface area contributed by atoms with Crippen molar-refractivity contribution in [2.45, 2.75) is 39.2 Å². The Labute approximate surface area is 98.9 Å². The maximum absolute atomic E-state index is 4.20. The van der Waals surface area contributed by atoms with Crippen LogP contribution in [0.1, 0.15) is 33.1 Å². The molecule has 1 aromatic rings. The average molecular weight is 305 g/mol. The van der Waals surface area contributed by atoms with Crippen molar-refractivity contribution in [3.63, 3.8) is 0 Å². The summed E-state index contributed by atoms with van der Waals surface area (Å²) in [4.78, 5) is 8.39. The van der Waals surface area contributed by atoms with E-state index in [1.807, 2.05) is 12.4 Å².